The van der Waals surface area contributed by atoms with Crippen molar-refractivity contribution in [1.29, 1.82) is 0 Å². The minimum Gasteiger partial charge on any atom is -0.508 e. The van der Waals surface area contributed by atoms with Gasteiger partial charge in [0.15, 0.2) is 5.65 Å². The first kappa shape index (κ1) is 22.5. The Labute approximate surface area is 212 Å². The lowest BCUT2D eigenvalue weighted by atomic mass is 9.65. The second-order valence-corrected chi connectivity index (χ2v) is 9.13. The summed E-state index contributed by atoms with van der Waals surface area (Å²) in [7, 11) is 0. The Morgan fingerprint density at radius 2 is 1.14 bits per heavy atom. The van der Waals surface area contributed by atoms with Gasteiger partial charge in [-0.05, 0) is 102 Å². The van der Waals surface area contributed by atoms with Crippen molar-refractivity contribution < 1.29 is 15.3 Å². The normalized spacial score (nSPS) is 14.5. The number of H-pyrrole nitrogens is 1. The zero-order chi connectivity index (χ0) is 25.7. The van der Waals surface area contributed by atoms with Crippen LogP contribution in [0, 0.1) is 13.8 Å². The first-order valence-electron chi connectivity index (χ1n) is 11.7. The number of fused-ring (bicyclic) bond motifs is 1. The molecule has 0 fully saturated rings. The highest BCUT2D eigenvalue weighted by Crippen LogP contribution is 2.45. The van der Waals surface area contributed by atoms with Gasteiger partial charge in [0.05, 0.1) is 23.3 Å². The third-order valence-corrected chi connectivity index (χ3v) is 7.06. The van der Waals surface area contributed by atoms with Gasteiger partial charge in [-0.2, -0.15) is 15.3 Å². The van der Waals surface area contributed by atoms with Crippen LogP contribution < -0.4 is 0 Å². The van der Waals surface area contributed by atoms with Gasteiger partial charge < -0.3 is 15.3 Å². The van der Waals surface area contributed by atoms with Gasteiger partial charge in [0.1, 0.15) is 22.7 Å². The molecule has 37 heavy (non-hydrogen) atoms. The smallest absolute Gasteiger partial charge is 0.155 e. The van der Waals surface area contributed by atoms with Crippen LogP contribution in [0.3, 0.4) is 0 Å². The minimum atomic E-state index is -1.09. The van der Waals surface area contributed by atoms with E-state index in [9.17, 15) is 15.3 Å². The molecule has 0 spiro atoms. The molecule has 5 aromatic rings. The third kappa shape index (κ3) is 3.37. The predicted octanol–water partition coefficient (Wildman–Crippen LogP) is 4.88. The molecule has 4 N–H and O–H groups in total. The van der Waals surface area contributed by atoms with E-state index in [-0.39, 0.29) is 17.2 Å². The van der Waals surface area contributed by atoms with E-state index in [4.69, 9.17) is 15.2 Å². The second kappa shape index (κ2) is 8.30. The lowest BCUT2D eigenvalue weighted by molar-refractivity contribution is 0.474. The van der Waals surface area contributed by atoms with Crippen LogP contribution in [0.25, 0.3) is 11.0 Å². The average Bonchev–Trinajstić information content (AvgIpc) is 3.53. The Kier molecular flexibility index (Phi) is 5.05. The molecule has 8 nitrogen and oxygen atoms in total. The lowest BCUT2D eigenvalue weighted by Crippen LogP contribution is -2.45. The van der Waals surface area contributed by atoms with Crippen molar-refractivity contribution in [3.63, 3.8) is 0 Å². The molecule has 0 unspecified atom stereocenters. The number of rotatable bonds is 4. The maximum absolute atomic E-state index is 10.1. The standard InChI is InChI=1S/C29H23N5O3/c1-16-17(2)25(31-28-24(16)15-30-34-28)29(20-7-13-23(37)14-8-20)26(18-3-9-21(35)10-4-18)32-33-27(29)19-5-11-22(36)12-6-19/h3-15,35-37H,1-2H3,(H,30,31,34). The van der Waals surface area contributed by atoms with Gasteiger partial charge in [-0.1, -0.05) is 12.1 Å². The van der Waals surface area contributed by atoms with E-state index in [2.05, 4.69) is 10.2 Å². The largest absolute Gasteiger partial charge is 0.508 e. The molecule has 1 aliphatic rings. The number of aryl methyl sites for hydroxylation is 1. The summed E-state index contributed by atoms with van der Waals surface area (Å²) < 4.78 is 0. The van der Waals surface area contributed by atoms with Crippen LogP contribution in [0.15, 0.2) is 89.2 Å². The van der Waals surface area contributed by atoms with E-state index >= 15 is 0 Å². The van der Waals surface area contributed by atoms with Gasteiger partial charge in [0.25, 0.3) is 0 Å². The van der Waals surface area contributed by atoms with Crippen LogP contribution in [0.1, 0.15) is 33.5 Å². The molecule has 182 valence electrons. The van der Waals surface area contributed by atoms with Crippen molar-refractivity contribution >= 4 is 22.5 Å². The van der Waals surface area contributed by atoms with E-state index in [0.717, 1.165) is 33.2 Å². The van der Waals surface area contributed by atoms with Crippen molar-refractivity contribution in [3.8, 4) is 17.2 Å². The molecule has 0 bridgehead atoms. The molecule has 0 saturated carbocycles. The van der Waals surface area contributed by atoms with Crippen molar-refractivity contribution in [2.45, 2.75) is 19.3 Å². The van der Waals surface area contributed by atoms with Crippen molar-refractivity contribution in [3.05, 3.63) is 113 Å². The third-order valence-electron chi connectivity index (χ3n) is 7.06. The number of phenols is 3. The van der Waals surface area contributed by atoms with Gasteiger partial charge in [-0.15, -0.1) is 0 Å². The maximum atomic E-state index is 10.1. The molecular formula is C29H23N5O3. The molecule has 3 heterocycles. The molecular weight excluding hydrogens is 466 g/mol. The monoisotopic (exact) mass is 489 g/mol. The average molecular weight is 490 g/mol. The van der Waals surface area contributed by atoms with Crippen molar-refractivity contribution in [2.75, 3.05) is 0 Å². The van der Waals surface area contributed by atoms with Crippen LogP contribution in [-0.2, 0) is 5.41 Å². The topological polar surface area (TPSA) is 127 Å². The van der Waals surface area contributed by atoms with Gasteiger partial charge in [0.2, 0.25) is 0 Å². The number of pyridine rings is 1. The molecule has 6 rings (SSSR count). The Balaban J connectivity index is 1.75. The summed E-state index contributed by atoms with van der Waals surface area (Å²) in [5, 5.41) is 47.7. The van der Waals surface area contributed by atoms with E-state index in [1.165, 1.54) is 0 Å². The highest BCUT2D eigenvalue weighted by molar-refractivity contribution is 6.32. The molecule has 8 heteroatoms. The Morgan fingerprint density at radius 1 is 0.649 bits per heavy atom. The van der Waals surface area contributed by atoms with Gasteiger partial charge in [-0.25, -0.2) is 4.98 Å². The van der Waals surface area contributed by atoms with E-state index in [1.807, 2.05) is 26.0 Å². The Morgan fingerprint density at radius 3 is 1.65 bits per heavy atom. The van der Waals surface area contributed by atoms with Gasteiger partial charge >= 0.3 is 0 Å². The van der Waals surface area contributed by atoms with E-state index in [1.54, 1.807) is 66.9 Å². The van der Waals surface area contributed by atoms with Crippen LogP contribution >= 0.6 is 0 Å². The number of benzene rings is 3. The number of nitrogens with one attached hydrogen (secondary N) is 1. The van der Waals surface area contributed by atoms with E-state index < -0.39 is 5.41 Å². The molecule has 2 aromatic heterocycles. The summed E-state index contributed by atoms with van der Waals surface area (Å²) in [4.78, 5) is 5.09. The summed E-state index contributed by atoms with van der Waals surface area (Å²) >= 11 is 0. The molecule has 0 amide bonds. The van der Waals surface area contributed by atoms with Gasteiger partial charge in [-0.3, -0.25) is 5.10 Å². The summed E-state index contributed by atoms with van der Waals surface area (Å²) in [6.07, 6.45) is 1.76. The van der Waals surface area contributed by atoms with Crippen molar-refractivity contribution in [2.24, 2.45) is 10.2 Å². The highest BCUT2D eigenvalue weighted by atomic mass is 16.3. The molecule has 0 atom stereocenters. The van der Waals surface area contributed by atoms with Crippen LogP contribution in [0.2, 0.25) is 0 Å². The zero-order valence-electron chi connectivity index (χ0n) is 20.1. The second-order valence-electron chi connectivity index (χ2n) is 9.13. The van der Waals surface area contributed by atoms with Crippen LogP contribution in [0.4, 0.5) is 0 Å². The fraction of sp³-hybridized carbons (Fsp3) is 0.103. The number of hydrogen-bond acceptors (Lipinski definition) is 7. The highest BCUT2D eigenvalue weighted by Gasteiger charge is 2.51. The number of aromatic hydroxyl groups is 3. The first-order chi connectivity index (χ1) is 17.9. The lowest BCUT2D eigenvalue weighted by Gasteiger charge is -2.34. The van der Waals surface area contributed by atoms with E-state index in [0.29, 0.717) is 22.8 Å². The number of phenolic OH excluding ortho intramolecular Hbond substituents is 3. The SMILES string of the molecule is Cc1c(C2(c3ccc(O)cc3)C(c3ccc(O)cc3)=NN=C2c2ccc(O)cc2)nc2[nH]ncc2c1C. The number of hydrogen-bond donors (Lipinski definition) is 4. The van der Waals surface area contributed by atoms with Crippen LogP contribution in [0.5, 0.6) is 17.2 Å². The zero-order valence-corrected chi connectivity index (χ0v) is 20.1. The molecule has 0 saturated heterocycles. The molecule has 1 aliphatic heterocycles. The fourth-order valence-electron chi connectivity index (χ4n) is 5.07. The predicted molar refractivity (Wildman–Crippen MR) is 142 cm³/mol. The summed E-state index contributed by atoms with van der Waals surface area (Å²) in [5.41, 5.74) is 5.78. The quantitative estimate of drug-likeness (QED) is 0.286. The Bertz CT molecular complexity index is 1640. The molecule has 0 radical (unpaired) electrons. The number of aromatic nitrogens is 3. The molecule has 0 aliphatic carbocycles. The van der Waals surface area contributed by atoms with Crippen LogP contribution in [-0.4, -0.2) is 41.9 Å². The van der Waals surface area contributed by atoms with Gasteiger partial charge in [0, 0.05) is 5.39 Å². The Hall–Kier alpha value is -4.98. The maximum Gasteiger partial charge on any atom is 0.155 e. The first-order valence-corrected chi connectivity index (χ1v) is 11.7. The summed E-state index contributed by atoms with van der Waals surface area (Å²) in [6.45, 7) is 4.06. The minimum absolute atomic E-state index is 0.132. The summed E-state index contributed by atoms with van der Waals surface area (Å²) in [6, 6.07) is 20.6. The molecule has 3 aromatic carbocycles. The number of aromatic amines is 1. The fourth-order valence-corrected chi connectivity index (χ4v) is 5.07. The number of nitrogens with zero attached hydrogens (tertiary/aromatic N) is 4. The van der Waals surface area contributed by atoms with Crippen molar-refractivity contribution in [1.82, 2.24) is 15.2 Å². The summed E-state index contributed by atoms with van der Waals surface area (Å²) in [5.74, 6) is 0.413.